The molecular weight excluding hydrogens is 97.0 g/mol. The minimum absolute atomic E-state index is 0.875. The summed E-state index contributed by atoms with van der Waals surface area (Å²) in [5.74, 6) is 0. The Morgan fingerprint density at radius 2 is 2.29 bits per heavy atom. The Bertz CT molecular complexity index is 49.0. The van der Waals surface area contributed by atoms with E-state index in [0.29, 0.717) is 0 Å². The first-order chi connectivity index (χ1) is 3.18. The van der Waals surface area contributed by atoms with Gasteiger partial charge in [0.05, 0.1) is 0 Å². The van der Waals surface area contributed by atoms with Crippen LogP contribution in [0.1, 0.15) is 0 Å². The lowest BCUT2D eigenvalue weighted by Gasteiger charge is -2.08. The molecule has 2 atom stereocenters. The molecule has 0 bridgehead atoms. The van der Waals surface area contributed by atoms with E-state index in [1.54, 1.807) is 0 Å². The van der Waals surface area contributed by atoms with E-state index in [0.717, 1.165) is 0 Å². The van der Waals surface area contributed by atoms with E-state index in [4.69, 9.17) is 5.73 Å². The average molecular weight is 106 g/mol. The Morgan fingerprint density at radius 1 is 1.86 bits per heavy atom. The van der Waals surface area contributed by atoms with E-state index in [1.807, 2.05) is 0 Å². The number of alkyl halides is 1. The first-order valence-corrected chi connectivity index (χ1v) is 1.94. The van der Waals surface area contributed by atoms with Gasteiger partial charge in [0.15, 0.2) is 0 Å². The number of halogens is 1. The molecule has 0 saturated carbocycles. The molecule has 0 fully saturated rings. The lowest BCUT2D eigenvalue weighted by Crippen LogP contribution is -2.31. The fraction of sp³-hybridized carbons (Fsp3) is 0.750. The standard InChI is InChI=1S/C4H9FNO/c1-3(5)4(6)7-2/h3-4H,1,6H2,2H3/t3-,4?/m1/s1. The zero-order chi connectivity index (χ0) is 5.86. The van der Waals surface area contributed by atoms with Crippen molar-refractivity contribution in [3.63, 3.8) is 0 Å². The third-order valence-electron chi connectivity index (χ3n) is 0.629. The molecule has 2 N–H and O–H groups in total. The molecule has 0 amide bonds. The molecule has 0 aliphatic heterocycles. The number of hydrogen-bond acceptors (Lipinski definition) is 2. The summed E-state index contributed by atoms with van der Waals surface area (Å²) in [6.45, 7) is 2.99. The molecule has 0 rings (SSSR count). The average Bonchev–Trinajstić information content (AvgIpc) is 1.65. The summed E-state index contributed by atoms with van der Waals surface area (Å²) in [6, 6.07) is 0. The minimum Gasteiger partial charge on any atom is -0.364 e. The van der Waals surface area contributed by atoms with E-state index in [-0.39, 0.29) is 0 Å². The van der Waals surface area contributed by atoms with Crippen molar-refractivity contribution in [1.82, 2.24) is 0 Å². The highest BCUT2D eigenvalue weighted by atomic mass is 19.1. The number of hydrogen-bond donors (Lipinski definition) is 1. The van der Waals surface area contributed by atoms with Crippen molar-refractivity contribution in [2.45, 2.75) is 12.4 Å². The molecule has 7 heavy (non-hydrogen) atoms. The molecule has 0 spiro atoms. The van der Waals surface area contributed by atoms with Gasteiger partial charge in [-0.15, -0.1) is 0 Å². The van der Waals surface area contributed by atoms with Crippen LogP contribution in [0, 0.1) is 6.92 Å². The molecule has 2 nitrogen and oxygen atoms in total. The maximum Gasteiger partial charge on any atom is 0.139 e. The van der Waals surface area contributed by atoms with Crippen molar-refractivity contribution in [2.75, 3.05) is 7.11 Å². The maximum absolute atomic E-state index is 11.7. The molecule has 0 aromatic rings. The Morgan fingerprint density at radius 3 is 2.29 bits per heavy atom. The summed E-state index contributed by atoms with van der Waals surface area (Å²) < 4.78 is 16.1. The highest BCUT2D eigenvalue weighted by molar-refractivity contribution is 4.62. The normalized spacial score (nSPS) is 18.9. The van der Waals surface area contributed by atoms with Gasteiger partial charge < -0.3 is 10.5 Å². The molecule has 0 aromatic carbocycles. The van der Waals surface area contributed by atoms with Gasteiger partial charge in [-0.05, 0) is 6.92 Å². The Balaban J connectivity index is 3.14. The Kier molecular flexibility index (Phi) is 2.87. The van der Waals surface area contributed by atoms with Crippen LogP contribution in [-0.4, -0.2) is 19.5 Å². The molecular formula is C4H9FNO. The summed E-state index contributed by atoms with van der Waals surface area (Å²) in [5, 5.41) is 0. The van der Waals surface area contributed by atoms with E-state index >= 15 is 0 Å². The second kappa shape index (κ2) is 2.93. The van der Waals surface area contributed by atoms with Crippen LogP contribution >= 0.6 is 0 Å². The van der Waals surface area contributed by atoms with Gasteiger partial charge in [0.25, 0.3) is 0 Å². The summed E-state index contributed by atoms with van der Waals surface area (Å²) in [6.07, 6.45) is -2.20. The van der Waals surface area contributed by atoms with Crippen LogP contribution in [0.25, 0.3) is 0 Å². The summed E-state index contributed by atoms with van der Waals surface area (Å²) in [4.78, 5) is 0. The van der Waals surface area contributed by atoms with E-state index in [1.165, 1.54) is 7.11 Å². The largest absolute Gasteiger partial charge is 0.364 e. The molecule has 1 radical (unpaired) electrons. The molecule has 0 heterocycles. The molecule has 3 heteroatoms. The second-order valence-electron chi connectivity index (χ2n) is 1.22. The smallest absolute Gasteiger partial charge is 0.139 e. The Labute approximate surface area is 42.5 Å². The Hall–Kier alpha value is -0.150. The topological polar surface area (TPSA) is 35.2 Å². The quantitative estimate of drug-likeness (QED) is 0.506. The van der Waals surface area contributed by atoms with Crippen LogP contribution in [0.15, 0.2) is 0 Å². The fourth-order valence-electron chi connectivity index (χ4n) is 0.148. The lowest BCUT2D eigenvalue weighted by atomic mass is 10.4. The van der Waals surface area contributed by atoms with Crippen LogP contribution in [0.4, 0.5) is 4.39 Å². The van der Waals surface area contributed by atoms with Gasteiger partial charge >= 0.3 is 0 Å². The van der Waals surface area contributed by atoms with Crippen molar-refractivity contribution < 1.29 is 9.13 Å². The molecule has 0 aliphatic carbocycles. The van der Waals surface area contributed by atoms with E-state index < -0.39 is 12.4 Å². The summed E-state index contributed by atoms with van der Waals surface area (Å²) in [5.41, 5.74) is 4.96. The zero-order valence-corrected chi connectivity index (χ0v) is 4.23. The van der Waals surface area contributed by atoms with Crippen molar-refractivity contribution in [1.29, 1.82) is 0 Å². The predicted octanol–water partition coefficient (Wildman–Crippen LogP) is 0.0898. The summed E-state index contributed by atoms with van der Waals surface area (Å²) in [7, 11) is 1.34. The predicted molar refractivity (Wildman–Crippen MR) is 25.2 cm³/mol. The molecule has 1 unspecified atom stereocenters. The zero-order valence-electron chi connectivity index (χ0n) is 4.23. The van der Waals surface area contributed by atoms with Crippen LogP contribution in [0.5, 0.6) is 0 Å². The van der Waals surface area contributed by atoms with Crippen molar-refractivity contribution in [2.24, 2.45) is 5.73 Å². The van der Waals surface area contributed by atoms with Gasteiger partial charge in [-0.1, -0.05) is 0 Å². The van der Waals surface area contributed by atoms with Gasteiger partial charge in [0.1, 0.15) is 12.4 Å². The third-order valence-corrected chi connectivity index (χ3v) is 0.629. The number of ether oxygens (including phenoxy) is 1. The van der Waals surface area contributed by atoms with Crippen LogP contribution < -0.4 is 5.73 Å². The van der Waals surface area contributed by atoms with Crippen LogP contribution in [-0.2, 0) is 4.74 Å². The number of rotatable bonds is 2. The van der Waals surface area contributed by atoms with Gasteiger partial charge in [-0.2, -0.15) is 0 Å². The van der Waals surface area contributed by atoms with E-state index in [2.05, 4.69) is 11.7 Å². The minimum atomic E-state index is -1.33. The van der Waals surface area contributed by atoms with Crippen molar-refractivity contribution in [3.05, 3.63) is 6.92 Å². The number of methoxy groups -OCH3 is 1. The third kappa shape index (κ3) is 2.53. The molecule has 0 saturated heterocycles. The van der Waals surface area contributed by atoms with Gasteiger partial charge in [-0.3, -0.25) is 0 Å². The summed E-state index contributed by atoms with van der Waals surface area (Å²) >= 11 is 0. The molecule has 0 aromatic heterocycles. The second-order valence-corrected chi connectivity index (χ2v) is 1.22. The number of nitrogens with two attached hydrogens (primary N) is 1. The monoisotopic (exact) mass is 106 g/mol. The highest BCUT2D eigenvalue weighted by Crippen LogP contribution is 1.91. The van der Waals surface area contributed by atoms with Crippen LogP contribution in [0.2, 0.25) is 0 Å². The SMILES string of the molecule is [CH2][C@@H](F)C(N)OC. The maximum atomic E-state index is 11.7. The molecule has 43 valence electrons. The fourth-order valence-corrected chi connectivity index (χ4v) is 0.148. The van der Waals surface area contributed by atoms with Gasteiger partial charge in [0, 0.05) is 7.11 Å². The first kappa shape index (κ1) is 6.85. The van der Waals surface area contributed by atoms with Crippen LogP contribution in [0.3, 0.4) is 0 Å². The molecule has 0 aliphatic rings. The van der Waals surface area contributed by atoms with Gasteiger partial charge in [0.2, 0.25) is 0 Å². The first-order valence-electron chi connectivity index (χ1n) is 1.94. The van der Waals surface area contributed by atoms with Crippen molar-refractivity contribution in [3.8, 4) is 0 Å². The van der Waals surface area contributed by atoms with E-state index in [9.17, 15) is 4.39 Å². The van der Waals surface area contributed by atoms with Crippen molar-refractivity contribution >= 4 is 0 Å². The lowest BCUT2D eigenvalue weighted by molar-refractivity contribution is 0.0554. The highest BCUT2D eigenvalue weighted by Gasteiger charge is 2.07. The van der Waals surface area contributed by atoms with Gasteiger partial charge in [-0.25, -0.2) is 4.39 Å².